The first kappa shape index (κ1) is 28.2. The van der Waals surface area contributed by atoms with E-state index in [1.807, 2.05) is 0 Å². The summed E-state index contributed by atoms with van der Waals surface area (Å²) < 4.78 is 4.89. The van der Waals surface area contributed by atoms with Crippen LogP contribution in [0.25, 0.3) is 0 Å². The Kier molecular flexibility index (Phi) is 19.2. The van der Waals surface area contributed by atoms with Crippen molar-refractivity contribution in [3.05, 3.63) is 18.7 Å². The maximum absolute atomic E-state index is 2.48. The Morgan fingerprint density at radius 3 is 1.52 bits per heavy atom. The predicted molar refractivity (Wildman–Crippen MR) is 138 cm³/mol. The van der Waals surface area contributed by atoms with Crippen molar-refractivity contribution >= 4 is 0 Å². The quantitative estimate of drug-likeness (QED) is 0.120. The zero-order valence-corrected chi connectivity index (χ0v) is 21.8. The van der Waals surface area contributed by atoms with E-state index < -0.39 is 0 Å². The van der Waals surface area contributed by atoms with E-state index in [4.69, 9.17) is 0 Å². The maximum Gasteiger partial charge on any atom is 0.243 e. The lowest BCUT2D eigenvalue weighted by atomic mass is 10.0. The summed E-state index contributed by atoms with van der Waals surface area (Å²) in [5.41, 5.74) is 0. The minimum absolute atomic E-state index is 0.693. The molecular weight excluding hydrogens is 376 g/mol. The van der Waals surface area contributed by atoms with Crippen molar-refractivity contribution in [2.24, 2.45) is 0 Å². The van der Waals surface area contributed by atoms with Gasteiger partial charge in [0, 0.05) is 0 Å². The Labute approximate surface area is 196 Å². The lowest BCUT2D eigenvalue weighted by Crippen LogP contribution is -2.31. The fourth-order valence-corrected chi connectivity index (χ4v) is 4.80. The highest BCUT2D eigenvalue weighted by Crippen LogP contribution is 2.20. The molecule has 0 fully saturated rings. The number of aryl methyl sites for hydroxylation is 1. The molecule has 0 amide bonds. The Bertz CT molecular complexity index is 479. The second kappa shape index (κ2) is 21.1. The first-order chi connectivity index (χ1) is 15.3. The van der Waals surface area contributed by atoms with Gasteiger partial charge < -0.3 is 0 Å². The van der Waals surface area contributed by atoms with Gasteiger partial charge >= 0.3 is 0 Å². The molecule has 0 bridgehead atoms. The molecule has 1 rings (SSSR count). The number of hydrogen-bond acceptors (Lipinski definition) is 0. The van der Waals surface area contributed by atoms with Gasteiger partial charge in [-0.2, -0.15) is 0 Å². The minimum atomic E-state index is 0.693. The van der Waals surface area contributed by atoms with Crippen molar-refractivity contribution in [3.8, 4) is 0 Å². The third-order valence-electron chi connectivity index (χ3n) is 7.02. The molecule has 0 saturated carbocycles. The summed E-state index contributed by atoms with van der Waals surface area (Å²) in [4.78, 5) is 0. The molecule has 2 nitrogen and oxygen atoms in total. The summed E-state index contributed by atoms with van der Waals surface area (Å²) in [6, 6.07) is 0.693. The van der Waals surface area contributed by atoms with E-state index in [-0.39, 0.29) is 0 Å². The van der Waals surface area contributed by atoms with Crippen LogP contribution in [0.3, 0.4) is 0 Å². The normalized spacial score (nSPS) is 12.5. The molecule has 0 radical (unpaired) electrons. The molecule has 0 aliphatic rings. The fraction of sp³-hybridized carbons (Fsp3) is 0.897. The number of rotatable bonds is 23. The highest BCUT2D eigenvalue weighted by molar-refractivity contribution is 4.74. The van der Waals surface area contributed by atoms with E-state index in [1.54, 1.807) is 0 Å². The fourth-order valence-electron chi connectivity index (χ4n) is 4.80. The second-order valence-corrected chi connectivity index (χ2v) is 9.96. The van der Waals surface area contributed by atoms with Crippen LogP contribution in [0.1, 0.15) is 162 Å². The van der Waals surface area contributed by atoms with Crippen molar-refractivity contribution in [1.82, 2.24) is 4.57 Å². The molecule has 2 heteroatoms. The van der Waals surface area contributed by atoms with Gasteiger partial charge in [0.1, 0.15) is 18.4 Å². The lowest BCUT2D eigenvalue weighted by Gasteiger charge is -2.11. The third-order valence-corrected chi connectivity index (χ3v) is 7.02. The summed E-state index contributed by atoms with van der Waals surface area (Å²) in [6.45, 7) is 8.13. The van der Waals surface area contributed by atoms with Crippen LogP contribution in [-0.4, -0.2) is 4.57 Å². The van der Waals surface area contributed by atoms with Crippen LogP contribution in [0.4, 0.5) is 0 Å². The topological polar surface area (TPSA) is 8.81 Å². The highest BCUT2D eigenvalue weighted by Gasteiger charge is 2.14. The largest absolute Gasteiger partial charge is 0.243 e. The standard InChI is InChI=1S/C29H57N2/c1-4-7-9-11-13-14-15-16-17-18-19-20-22-24-29(6-3)31-27-26-30(28-31)25-23-21-12-10-8-5-2/h26-29H,4-25H2,1-3H3/q+1. The first-order valence-electron chi connectivity index (χ1n) is 14.4. The van der Waals surface area contributed by atoms with E-state index in [9.17, 15) is 0 Å². The second-order valence-electron chi connectivity index (χ2n) is 9.96. The molecule has 0 aliphatic carbocycles. The van der Waals surface area contributed by atoms with Crippen molar-refractivity contribution in [1.29, 1.82) is 0 Å². The molecule has 1 aromatic heterocycles. The van der Waals surface area contributed by atoms with E-state index in [0.29, 0.717) is 6.04 Å². The molecule has 31 heavy (non-hydrogen) atoms. The zero-order chi connectivity index (χ0) is 22.4. The molecule has 182 valence electrons. The van der Waals surface area contributed by atoms with Gasteiger partial charge in [-0.25, -0.2) is 9.13 Å². The summed E-state index contributed by atoms with van der Waals surface area (Å²) in [7, 11) is 0. The number of unbranched alkanes of at least 4 members (excludes halogenated alkanes) is 17. The molecule has 0 spiro atoms. The van der Waals surface area contributed by atoms with Crippen LogP contribution in [0.5, 0.6) is 0 Å². The number of nitrogens with zero attached hydrogens (tertiary/aromatic N) is 2. The smallest absolute Gasteiger partial charge is 0.237 e. The maximum atomic E-state index is 2.48. The van der Waals surface area contributed by atoms with Gasteiger partial charge in [0.2, 0.25) is 6.33 Å². The monoisotopic (exact) mass is 433 g/mol. The summed E-state index contributed by atoms with van der Waals surface area (Å²) in [5.74, 6) is 0. The van der Waals surface area contributed by atoms with Crippen molar-refractivity contribution < 1.29 is 4.57 Å². The average molecular weight is 434 g/mol. The Morgan fingerprint density at radius 1 is 0.581 bits per heavy atom. The molecule has 1 aromatic rings. The van der Waals surface area contributed by atoms with E-state index in [1.165, 1.54) is 141 Å². The number of aromatic nitrogens is 2. The summed E-state index contributed by atoms with van der Waals surface area (Å²) >= 11 is 0. The molecule has 1 atom stereocenters. The Balaban J connectivity index is 2.01. The van der Waals surface area contributed by atoms with Crippen LogP contribution in [0.2, 0.25) is 0 Å². The average Bonchev–Trinajstić information content (AvgIpc) is 3.25. The van der Waals surface area contributed by atoms with Gasteiger partial charge in [-0.05, 0) is 32.1 Å². The third kappa shape index (κ3) is 15.6. The lowest BCUT2D eigenvalue weighted by molar-refractivity contribution is -0.697. The van der Waals surface area contributed by atoms with Gasteiger partial charge in [-0.3, -0.25) is 0 Å². The molecule has 0 saturated heterocycles. The van der Waals surface area contributed by atoms with Crippen LogP contribution in [0.15, 0.2) is 18.7 Å². The Morgan fingerprint density at radius 2 is 1.03 bits per heavy atom. The van der Waals surface area contributed by atoms with Gasteiger partial charge in [0.15, 0.2) is 0 Å². The van der Waals surface area contributed by atoms with Crippen LogP contribution in [0, 0.1) is 0 Å². The van der Waals surface area contributed by atoms with E-state index in [2.05, 4.69) is 48.6 Å². The SMILES string of the molecule is CCCCCCCCCCCCCCCC(CC)n1cc[n+](CCCCCCCC)c1. The Hall–Kier alpha value is -0.790. The highest BCUT2D eigenvalue weighted by atomic mass is 15.1. The van der Waals surface area contributed by atoms with Crippen molar-refractivity contribution in [2.45, 2.75) is 168 Å². The summed E-state index contributed by atoms with van der Waals surface area (Å²) in [6.07, 6.45) is 36.6. The van der Waals surface area contributed by atoms with E-state index >= 15 is 0 Å². The molecule has 0 aliphatic heterocycles. The molecule has 1 heterocycles. The van der Waals surface area contributed by atoms with Crippen molar-refractivity contribution in [2.75, 3.05) is 0 Å². The predicted octanol–water partition coefficient (Wildman–Crippen LogP) is 9.57. The number of hydrogen-bond donors (Lipinski definition) is 0. The summed E-state index contributed by atoms with van der Waals surface area (Å²) in [5, 5.41) is 0. The molecule has 1 unspecified atom stereocenters. The molecular formula is C29H57N2+. The van der Waals surface area contributed by atoms with Gasteiger partial charge in [-0.15, -0.1) is 0 Å². The first-order valence-corrected chi connectivity index (χ1v) is 14.4. The zero-order valence-electron chi connectivity index (χ0n) is 21.8. The number of imidazole rings is 1. The molecule has 0 aromatic carbocycles. The molecule has 0 N–H and O–H groups in total. The minimum Gasteiger partial charge on any atom is -0.237 e. The van der Waals surface area contributed by atoms with Crippen LogP contribution in [-0.2, 0) is 6.54 Å². The van der Waals surface area contributed by atoms with E-state index in [0.717, 1.165) is 0 Å². The van der Waals surface area contributed by atoms with Crippen LogP contribution >= 0.6 is 0 Å². The van der Waals surface area contributed by atoms with Gasteiger partial charge in [0.05, 0.1) is 6.54 Å². The van der Waals surface area contributed by atoms with Gasteiger partial charge in [0.25, 0.3) is 0 Å². The van der Waals surface area contributed by atoms with Crippen molar-refractivity contribution in [3.63, 3.8) is 0 Å². The van der Waals surface area contributed by atoms with Gasteiger partial charge in [-0.1, -0.05) is 124 Å². The van der Waals surface area contributed by atoms with Crippen LogP contribution < -0.4 is 4.57 Å².